The summed E-state index contributed by atoms with van der Waals surface area (Å²) in [5.41, 5.74) is 5.96. The van der Waals surface area contributed by atoms with Crippen LogP contribution in [0.1, 0.15) is 33.4 Å². The van der Waals surface area contributed by atoms with E-state index in [0.717, 1.165) is 66.2 Å². The molecule has 0 unspecified atom stereocenters. The van der Waals surface area contributed by atoms with Gasteiger partial charge in [-0.25, -0.2) is 18.8 Å². The minimum absolute atomic E-state index is 0.0645. The number of benzene rings is 5. The van der Waals surface area contributed by atoms with Crippen molar-refractivity contribution < 1.29 is 84.6 Å². The van der Waals surface area contributed by atoms with Gasteiger partial charge in [-0.15, -0.1) is 13.2 Å². The van der Waals surface area contributed by atoms with Gasteiger partial charge in [0.05, 0.1) is 58.9 Å². The molecule has 11 rings (SSSR count). The highest BCUT2D eigenvalue weighted by molar-refractivity contribution is 8.24. The molecule has 0 saturated carbocycles. The van der Waals surface area contributed by atoms with Crippen LogP contribution in [0.2, 0.25) is 5.15 Å². The van der Waals surface area contributed by atoms with E-state index >= 15 is 0 Å². The molecule has 0 aliphatic carbocycles. The lowest BCUT2D eigenvalue weighted by atomic mass is 10.0. The van der Waals surface area contributed by atoms with Gasteiger partial charge < -0.3 is 44.2 Å². The van der Waals surface area contributed by atoms with E-state index in [1.807, 2.05) is 31.1 Å². The molecule has 0 fully saturated rings. The number of nitrogens with zero attached hydrogens (tertiary/aromatic N) is 14. The number of nitrogens with one attached hydrogen (secondary N) is 2. The first-order valence-corrected chi connectivity index (χ1v) is 38.0. The van der Waals surface area contributed by atoms with E-state index in [1.54, 1.807) is 70.7 Å². The standard InChI is InChI=1S/C13H7ClF3N3.C13H8F3N3O.C12H11F3N2.C10H8F3N3.C9H6F3NO.C6H8N2O2.C6H16N2.C5H13NO2.Cl3OP/c14-11-4-5-20-12(19-11)10(7-18-20)8-2-1-3-9(6-8)13(15,16)17;14-13(15,16)9-3-1-2-8(6-9)10-7-17-19-5-4-11(20)18-12(10)19;1-17(2)8-10(7-16)9-4-3-5-11(6-9)12(13,14)15;11-10(12,13)7-3-1-2-6(4-7)8-5-15-16-9(8)14;10-9(11,12)14-8-3-1-2-7(6-8)4-5-13;1-7-4-3-5(9)8(2)6(7)10;1-7(2)5-6-8(3)4;1-6(2)5(7-3)8-4;1-5(2,3)4/h1-7H;1-7H,(H,18,20);3-6,8H,1-2H3;1-5H,(H3,14,15,16);1-3,6H,4H2;3-4H,1-2H3;5-6H2,1-4H3;5H,1-4H3;/b;;10-8+;;;;;;. The number of hydrogen-bond donors (Lipinski definition) is 3. The molecule has 0 aliphatic rings. The third-order valence-electron chi connectivity index (χ3n) is 14.5. The number of likely N-dealkylation sites (N-methyl/N-ethyl adjacent to an activating group) is 2. The molecule has 638 valence electrons. The SMILES string of the molecule is CN(C)/C=C(\C#N)c1cccc(C(F)(F)F)c1.CN(C)CCN(C)C.COC(OC)N(C)C.Cn1ccc(=O)n(C)c1=O.FC(F)(F)c1cccc(-c2cnn3ccc(Cl)nc23)c1.N#CCc1cccc(OC(F)(F)F)c1.Nc1[nH]ncc1-c1cccc(C(F)(F)F)c1.O=P(Cl)(Cl)Cl.O=c1ccn2ncc(-c3cccc(C(F)(F)F)c3)c2[nH]1. The highest BCUT2D eigenvalue weighted by Gasteiger charge is 2.34. The molecule has 6 heterocycles. The monoisotopic (exact) mass is 1770 g/mol. The zero-order valence-electron chi connectivity index (χ0n) is 64.3. The van der Waals surface area contributed by atoms with Crippen molar-refractivity contribution in [3.8, 4) is 51.3 Å². The summed E-state index contributed by atoms with van der Waals surface area (Å²) in [6.45, 7) is 2.29. The van der Waals surface area contributed by atoms with E-state index in [0.29, 0.717) is 50.2 Å². The van der Waals surface area contributed by atoms with Crippen molar-refractivity contribution in [3.63, 3.8) is 0 Å². The molecule has 0 bridgehead atoms. The van der Waals surface area contributed by atoms with E-state index in [1.165, 1.54) is 125 Å². The van der Waals surface area contributed by atoms with Crippen molar-refractivity contribution >= 4 is 73.2 Å². The number of rotatable bonds is 13. The lowest BCUT2D eigenvalue weighted by Gasteiger charge is -2.19. The number of nitrogens with two attached hydrogens (primary N) is 1. The number of alkyl halides is 15. The number of halogens is 19. The van der Waals surface area contributed by atoms with Crippen molar-refractivity contribution in [2.75, 3.05) is 89.4 Å². The molecule has 0 radical (unpaired) electrons. The number of nitrogen functional groups attached to an aromatic ring is 1. The molecule has 118 heavy (non-hydrogen) atoms. The van der Waals surface area contributed by atoms with Crippen LogP contribution < -0.4 is 27.3 Å². The normalized spacial score (nSPS) is 11.5. The van der Waals surface area contributed by atoms with Gasteiger partial charge in [0.15, 0.2) is 5.65 Å². The molecule has 4 N–H and O–H groups in total. The lowest BCUT2D eigenvalue weighted by molar-refractivity contribution is -0.274. The zero-order chi connectivity index (χ0) is 89.4. The molecule has 0 aliphatic heterocycles. The fourth-order valence-corrected chi connectivity index (χ4v) is 9.24. The Labute approximate surface area is 684 Å². The molecular weight excluding hydrogens is 1700 g/mol. The number of aromatic nitrogens is 10. The first-order valence-electron chi connectivity index (χ1n) is 33.2. The maximum absolute atomic E-state index is 12.7. The number of anilines is 1. The van der Waals surface area contributed by atoms with Gasteiger partial charge >= 0.3 is 42.0 Å². The lowest BCUT2D eigenvalue weighted by Crippen LogP contribution is -2.35. The third-order valence-corrected chi connectivity index (χ3v) is 14.7. The van der Waals surface area contributed by atoms with E-state index in [9.17, 15) is 84.8 Å². The molecule has 24 nitrogen and oxygen atoms in total. The van der Waals surface area contributed by atoms with Crippen LogP contribution in [0.15, 0.2) is 197 Å². The van der Waals surface area contributed by atoms with Crippen LogP contribution in [0, 0.1) is 22.7 Å². The number of hydrogen-bond acceptors (Lipinski definition) is 18. The Balaban J connectivity index is 0.000000352. The van der Waals surface area contributed by atoms with Crippen molar-refractivity contribution in [3.05, 3.63) is 253 Å². The van der Waals surface area contributed by atoms with E-state index in [-0.39, 0.29) is 57.5 Å². The number of H-pyrrole nitrogens is 2. The van der Waals surface area contributed by atoms with Crippen LogP contribution in [0.25, 0.3) is 50.2 Å². The molecule has 0 amide bonds. The summed E-state index contributed by atoms with van der Waals surface area (Å²) in [5.74, 6) is -0.0513. The third kappa shape index (κ3) is 36.4. The Morgan fingerprint density at radius 1 is 0.602 bits per heavy atom. The first kappa shape index (κ1) is 101. The van der Waals surface area contributed by atoms with Crippen molar-refractivity contribution in [1.29, 1.82) is 10.5 Å². The molecule has 0 spiro atoms. The highest BCUT2D eigenvalue weighted by Crippen LogP contribution is 2.61. The Hall–Kier alpha value is -10.7. The number of fused-ring (bicyclic) bond motifs is 2. The fraction of sp³-hybridized carbons (Fsp3) is 0.284. The van der Waals surface area contributed by atoms with Gasteiger partial charge in [-0.05, 0) is 171 Å². The maximum Gasteiger partial charge on any atom is 0.573 e. The van der Waals surface area contributed by atoms with Crippen molar-refractivity contribution in [2.24, 2.45) is 14.1 Å². The fourth-order valence-electron chi connectivity index (χ4n) is 9.11. The van der Waals surface area contributed by atoms with E-state index in [4.69, 9.17) is 37.3 Å². The molecule has 0 atom stereocenters. The number of aromatic amines is 2. The molecular formula is C74H77Cl4F15N17O7P. The average Bonchev–Trinajstić information content (AvgIpc) is 1.64. The summed E-state index contributed by atoms with van der Waals surface area (Å²) >= 11 is 19.7. The second kappa shape index (κ2) is 46.4. The molecule has 5 aromatic carbocycles. The van der Waals surface area contributed by atoms with Crippen LogP contribution in [0.4, 0.5) is 71.7 Å². The Morgan fingerprint density at radius 2 is 1.06 bits per heavy atom. The van der Waals surface area contributed by atoms with Gasteiger partial charge in [0, 0.05) is 109 Å². The van der Waals surface area contributed by atoms with Crippen LogP contribution >= 0.6 is 50.5 Å². The number of nitriles is 2. The first-order chi connectivity index (χ1) is 54.7. The highest BCUT2D eigenvalue weighted by atomic mass is 36.0. The number of aryl methyl sites for hydroxylation is 1. The second-order valence-corrected chi connectivity index (χ2v) is 31.8. The van der Waals surface area contributed by atoms with Crippen LogP contribution in [0.3, 0.4) is 0 Å². The number of ether oxygens (including phenoxy) is 3. The van der Waals surface area contributed by atoms with Gasteiger partial charge in [0.2, 0.25) is 6.41 Å². The quantitative estimate of drug-likeness (QED) is 0.0318. The van der Waals surface area contributed by atoms with Gasteiger partial charge in [-0.1, -0.05) is 72.3 Å². The van der Waals surface area contributed by atoms with E-state index in [2.05, 4.69) is 107 Å². The molecule has 44 heteroatoms. The van der Waals surface area contributed by atoms with Crippen molar-refractivity contribution in [1.82, 2.24) is 68.1 Å². The topological polar surface area (TPSA) is 284 Å². The molecule has 6 aromatic heterocycles. The average molecular weight is 1770 g/mol. The Bertz CT molecular complexity index is 5340. The predicted octanol–water partition coefficient (Wildman–Crippen LogP) is 17.4. The van der Waals surface area contributed by atoms with Crippen LogP contribution in [-0.2, 0) is 59.3 Å². The van der Waals surface area contributed by atoms with Crippen LogP contribution in [0.5, 0.6) is 5.75 Å². The maximum atomic E-state index is 12.7. The zero-order valence-corrected chi connectivity index (χ0v) is 68.3. The summed E-state index contributed by atoms with van der Waals surface area (Å²) < 4.78 is 215. The van der Waals surface area contributed by atoms with Crippen molar-refractivity contribution in [2.45, 2.75) is 43.9 Å². The Morgan fingerprint density at radius 3 is 1.48 bits per heavy atom. The second-order valence-electron chi connectivity index (χ2n) is 24.7. The molecule has 11 aromatic rings. The molecule has 0 saturated heterocycles. The van der Waals surface area contributed by atoms with E-state index < -0.39 is 58.5 Å². The van der Waals surface area contributed by atoms with Crippen LogP contribution in [-0.4, -0.2) is 165 Å². The summed E-state index contributed by atoms with van der Waals surface area (Å²) in [6, 6.07) is 32.8. The summed E-state index contributed by atoms with van der Waals surface area (Å²) in [6.07, 6.45) is -12.1. The summed E-state index contributed by atoms with van der Waals surface area (Å²) in [7, 11) is 21.8. The van der Waals surface area contributed by atoms with Gasteiger partial charge in [0.25, 0.3) is 11.1 Å². The predicted molar refractivity (Wildman–Crippen MR) is 420 cm³/mol. The van der Waals surface area contributed by atoms with Gasteiger partial charge in [-0.2, -0.15) is 78.5 Å². The van der Waals surface area contributed by atoms with Gasteiger partial charge in [-0.3, -0.25) is 28.7 Å². The smallest absolute Gasteiger partial charge is 0.406 e. The minimum atomic E-state index is -4.69. The summed E-state index contributed by atoms with van der Waals surface area (Å²) in [4.78, 5) is 47.4. The van der Waals surface area contributed by atoms with Gasteiger partial charge in [0.1, 0.15) is 28.4 Å². The number of allylic oxidation sites excluding steroid dienone is 1. The number of methoxy groups -OCH3 is 2. The Kier molecular flexibility index (Phi) is 39.9. The minimum Gasteiger partial charge on any atom is -0.406 e. The summed E-state index contributed by atoms with van der Waals surface area (Å²) in [5, 5.41) is 28.4. The largest absolute Gasteiger partial charge is 0.573 e.